The number of oxazole rings is 1. The van der Waals surface area contributed by atoms with Crippen LogP contribution >= 0.6 is 0 Å². The molecule has 0 fully saturated rings. The molecule has 1 aliphatic rings. The predicted molar refractivity (Wildman–Crippen MR) is 118 cm³/mol. The summed E-state index contributed by atoms with van der Waals surface area (Å²) in [6.07, 6.45) is 5.35. The van der Waals surface area contributed by atoms with Crippen molar-refractivity contribution >= 4 is 17.6 Å². The summed E-state index contributed by atoms with van der Waals surface area (Å²) in [4.78, 5) is 22.9. The molecule has 0 saturated carbocycles. The van der Waals surface area contributed by atoms with Crippen molar-refractivity contribution in [2.75, 3.05) is 13.6 Å². The zero-order valence-corrected chi connectivity index (χ0v) is 17.5. The molecular formula is C24H26N4O3. The Morgan fingerprint density at radius 1 is 1.13 bits per heavy atom. The second-order valence-electron chi connectivity index (χ2n) is 7.45. The predicted octanol–water partition coefficient (Wildman–Crippen LogP) is 4.84. The van der Waals surface area contributed by atoms with Crippen LogP contribution in [0.4, 0.5) is 10.5 Å². The lowest BCUT2D eigenvalue weighted by molar-refractivity contribution is 0.139. The fraction of sp³-hybridized carbons (Fsp3) is 0.292. The number of aliphatic imine (C=N–C) groups is 1. The summed E-state index contributed by atoms with van der Waals surface area (Å²) in [5.74, 6) is 1.79. The Bertz CT molecular complexity index is 1020. The summed E-state index contributed by atoms with van der Waals surface area (Å²) >= 11 is 0. The molecule has 1 atom stereocenters. The van der Waals surface area contributed by atoms with Crippen molar-refractivity contribution in [1.29, 1.82) is 0 Å². The van der Waals surface area contributed by atoms with Crippen LogP contribution in [0.25, 0.3) is 0 Å². The molecule has 0 radical (unpaired) electrons. The zero-order chi connectivity index (χ0) is 21.5. The Kier molecular flexibility index (Phi) is 6.62. The molecule has 7 nitrogen and oxygen atoms in total. The van der Waals surface area contributed by atoms with Gasteiger partial charge in [-0.2, -0.15) is 0 Å². The van der Waals surface area contributed by atoms with Crippen molar-refractivity contribution < 1.29 is 13.9 Å². The second kappa shape index (κ2) is 9.93. The highest BCUT2D eigenvalue weighted by molar-refractivity contribution is 5.88. The first-order chi connectivity index (χ1) is 15.2. The molecule has 0 saturated heterocycles. The number of fused-ring (bicyclic) bond motifs is 1. The number of benzene rings is 2. The minimum atomic E-state index is -0.393. The van der Waals surface area contributed by atoms with Gasteiger partial charge in [0.25, 0.3) is 0 Å². The third kappa shape index (κ3) is 5.12. The van der Waals surface area contributed by atoms with Crippen molar-refractivity contribution in [2.24, 2.45) is 4.99 Å². The van der Waals surface area contributed by atoms with Crippen LogP contribution in [0.1, 0.15) is 42.2 Å². The van der Waals surface area contributed by atoms with E-state index in [4.69, 9.17) is 14.1 Å². The van der Waals surface area contributed by atoms with Gasteiger partial charge in [0.05, 0.1) is 11.9 Å². The van der Waals surface area contributed by atoms with E-state index in [1.54, 1.807) is 6.20 Å². The van der Waals surface area contributed by atoms with Crippen LogP contribution in [-0.2, 0) is 11.3 Å². The highest BCUT2D eigenvalue weighted by atomic mass is 16.5. The Morgan fingerprint density at radius 2 is 1.94 bits per heavy atom. The van der Waals surface area contributed by atoms with E-state index in [2.05, 4.69) is 21.3 Å². The number of rotatable bonds is 8. The maximum Gasteiger partial charge on any atom is 0.407 e. The number of carbonyl (C=O) groups excluding carboxylic acids is 1. The third-order valence-electron chi connectivity index (χ3n) is 5.31. The number of aromatic nitrogens is 1. The van der Waals surface area contributed by atoms with E-state index in [1.165, 1.54) is 6.39 Å². The minimum absolute atomic E-state index is 0.0442. The maximum absolute atomic E-state index is 11.9. The highest BCUT2D eigenvalue weighted by Crippen LogP contribution is 2.38. The first kappa shape index (κ1) is 20.7. The van der Waals surface area contributed by atoms with E-state index in [9.17, 15) is 4.79 Å². The average Bonchev–Trinajstić information content (AvgIpc) is 3.33. The molecule has 2 aromatic carbocycles. The van der Waals surface area contributed by atoms with Crippen molar-refractivity contribution in [2.45, 2.75) is 31.9 Å². The van der Waals surface area contributed by atoms with Gasteiger partial charge in [-0.1, -0.05) is 48.5 Å². The molecule has 160 valence electrons. The first-order valence-electron chi connectivity index (χ1n) is 10.4. The van der Waals surface area contributed by atoms with Gasteiger partial charge in [0.1, 0.15) is 18.5 Å². The number of hydrogen-bond acceptors (Lipinski definition) is 6. The van der Waals surface area contributed by atoms with Gasteiger partial charge in [0.15, 0.2) is 12.2 Å². The third-order valence-corrected chi connectivity index (χ3v) is 5.31. The summed E-state index contributed by atoms with van der Waals surface area (Å²) in [5.41, 5.74) is 3.03. The molecule has 2 heterocycles. The van der Waals surface area contributed by atoms with Gasteiger partial charge in [-0.25, -0.2) is 14.8 Å². The van der Waals surface area contributed by atoms with E-state index in [0.29, 0.717) is 6.54 Å². The Hall–Kier alpha value is -3.61. The first-order valence-corrected chi connectivity index (χ1v) is 10.4. The van der Waals surface area contributed by atoms with Crippen LogP contribution in [0.3, 0.4) is 0 Å². The number of ether oxygens (including phenoxy) is 1. The van der Waals surface area contributed by atoms with Gasteiger partial charge in [0.2, 0.25) is 0 Å². The van der Waals surface area contributed by atoms with Gasteiger partial charge in [-0.3, -0.25) is 0 Å². The van der Waals surface area contributed by atoms with Gasteiger partial charge in [-0.15, -0.1) is 0 Å². The lowest BCUT2D eigenvalue weighted by Crippen LogP contribution is -2.34. The van der Waals surface area contributed by atoms with Crippen LogP contribution in [0.2, 0.25) is 0 Å². The van der Waals surface area contributed by atoms with E-state index in [1.807, 2.05) is 55.6 Å². The Labute approximate surface area is 181 Å². The molecule has 4 rings (SSSR count). The number of nitrogens with one attached hydrogen (secondary N) is 1. The van der Waals surface area contributed by atoms with Crippen molar-refractivity contribution in [3.05, 3.63) is 84.1 Å². The summed E-state index contributed by atoms with van der Waals surface area (Å²) < 4.78 is 10.8. The maximum atomic E-state index is 11.9. The average molecular weight is 418 g/mol. The topological polar surface area (TPSA) is 80.0 Å². The fourth-order valence-corrected chi connectivity index (χ4v) is 3.71. The zero-order valence-electron chi connectivity index (χ0n) is 17.5. The molecule has 1 aromatic heterocycles. The van der Waals surface area contributed by atoms with Gasteiger partial charge >= 0.3 is 6.09 Å². The lowest BCUT2D eigenvalue weighted by Gasteiger charge is -2.34. The molecule has 7 heteroatoms. The number of carbonyl (C=O) groups is 1. The van der Waals surface area contributed by atoms with E-state index in [-0.39, 0.29) is 12.6 Å². The Morgan fingerprint density at radius 3 is 2.74 bits per heavy atom. The van der Waals surface area contributed by atoms with Crippen LogP contribution < -0.4 is 5.32 Å². The van der Waals surface area contributed by atoms with Crippen molar-refractivity contribution in [1.82, 2.24) is 15.2 Å². The van der Waals surface area contributed by atoms with Crippen LogP contribution in [0, 0.1) is 0 Å². The van der Waals surface area contributed by atoms with Gasteiger partial charge < -0.3 is 19.4 Å². The standard InChI is InChI=1S/C24H26N4O3/c1-28-22(13-7-8-14-26-24(29)30-16-18-9-3-2-4-10-18)27-20-12-6-5-11-19(20)23(28)21-15-25-17-31-21/h2-6,9-12,15,17,23H,7-8,13-14,16H2,1H3,(H,26,29). The summed E-state index contributed by atoms with van der Waals surface area (Å²) in [6, 6.07) is 17.7. The van der Waals surface area contributed by atoms with Gasteiger partial charge in [0, 0.05) is 25.6 Å². The second-order valence-corrected chi connectivity index (χ2v) is 7.45. The molecule has 1 aliphatic heterocycles. The number of amides is 1. The van der Waals surface area contributed by atoms with E-state index in [0.717, 1.165) is 47.7 Å². The molecule has 0 spiro atoms. The fourth-order valence-electron chi connectivity index (χ4n) is 3.71. The normalized spacial score (nSPS) is 15.2. The lowest BCUT2D eigenvalue weighted by atomic mass is 9.98. The van der Waals surface area contributed by atoms with E-state index < -0.39 is 6.09 Å². The molecule has 1 N–H and O–H groups in total. The van der Waals surface area contributed by atoms with Crippen LogP contribution in [0.5, 0.6) is 0 Å². The smallest absolute Gasteiger partial charge is 0.407 e. The molecule has 1 unspecified atom stereocenters. The van der Waals surface area contributed by atoms with Crippen molar-refractivity contribution in [3.8, 4) is 0 Å². The van der Waals surface area contributed by atoms with Crippen LogP contribution in [-0.4, -0.2) is 35.4 Å². The summed E-state index contributed by atoms with van der Waals surface area (Å²) in [7, 11) is 2.03. The minimum Gasteiger partial charge on any atom is -0.446 e. The summed E-state index contributed by atoms with van der Waals surface area (Å²) in [5, 5.41) is 2.81. The summed E-state index contributed by atoms with van der Waals surface area (Å²) in [6.45, 7) is 0.837. The Balaban J connectivity index is 1.27. The molecule has 31 heavy (non-hydrogen) atoms. The number of amidine groups is 1. The molecule has 0 bridgehead atoms. The number of hydrogen-bond donors (Lipinski definition) is 1. The molecule has 0 aliphatic carbocycles. The molecule has 1 amide bonds. The highest BCUT2D eigenvalue weighted by Gasteiger charge is 2.30. The van der Waals surface area contributed by atoms with Crippen molar-refractivity contribution in [3.63, 3.8) is 0 Å². The number of nitrogens with zero attached hydrogens (tertiary/aromatic N) is 3. The van der Waals surface area contributed by atoms with Crippen LogP contribution in [0.15, 0.2) is 76.6 Å². The number of para-hydroxylation sites is 1. The quantitative estimate of drug-likeness (QED) is 0.530. The van der Waals surface area contributed by atoms with Gasteiger partial charge in [-0.05, 0) is 24.5 Å². The largest absolute Gasteiger partial charge is 0.446 e. The molecule has 3 aromatic rings. The van der Waals surface area contributed by atoms with E-state index >= 15 is 0 Å². The number of alkyl carbamates (subject to hydrolysis) is 1. The number of unbranched alkanes of at least 4 members (excludes halogenated alkanes) is 1. The monoisotopic (exact) mass is 418 g/mol. The SMILES string of the molecule is CN1C(CCCCNC(=O)OCc2ccccc2)=Nc2ccccc2C1c1cnco1. The molecular weight excluding hydrogens is 392 g/mol.